The lowest BCUT2D eigenvalue weighted by molar-refractivity contribution is -0.292. The quantitative estimate of drug-likeness (QED) is 0.362. The number of rotatable bonds is 12. The Balaban J connectivity index is 2.62. The Morgan fingerprint density at radius 3 is 1.56 bits per heavy atom. The monoisotopic (exact) mass is 390 g/mol. The molecule has 1 radical (unpaired) electrons. The molecule has 0 aliphatic carbocycles. The molecule has 1 aromatic carbocycles. The molecule has 0 saturated carbocycles. The van der Waals surface area contributed by atoms with E-state index in [4.69, 9.17) is 0 Å². The van der Waals surface area contributed by atoms with Crippen LogP contribution in [0.15, 0.2) is 23.1 Å². The number of hydrogen-bond donors (Lipinski definition) is 1. The van der Waals surface area contributed by atoms with Crippen LogP contribution in [0.1, 0.15) is 116 Å². The zero-order valence-electron chi connectivity index (χ0n) is 18.0. The Hall–Kier alpha value is -0.510. The average molecular weight is 391 g/mol. The summed E-state index contributed by atoms with van der Waals surface area (Å²) in [7, 11) is 0. The molecule has 0 unspecified atom stereocenters. The maximum absolute atomic E-state index is 14.2. The molecule has 0 fully saturated rings. The summed E-state index contributed by atoms with van der Waals surface area (Å²) in [6.07, 6.45) is 12.9. The SMILES string of the molecule is CCCCC1(CCCC)c2ccc(S)cc2C(CCCC)(CCCC)N1[O]. The van der Waals surface area contributed by atoms with Crippen LogP contribution in [0.5, 0.6) is 0 Å². The van der Waals surface area contributed by atoms with E-state index in [0.717, 1.165) is 81.9 Å². The summed E-state index contributed by atoms with van der Waals surface area (Å²) in [5.41, 5.74) is 1.90. The predicted octanol–water partition coefficient (Wildman–Crippen LogP) is 7.79. The molecule has 1 heterocycles. The van der Waals surface area contributed by atoms with Crippen molar-refractivity contribution in [3.8, 4) is 0 Å². The van der Waals surface area contributed by atoms with Crippen molar-refractivity contribution in [1.29, 1.82) is 0 Å². The minimum atomic E-state index is -0.360. The Bertz CT molecular complexity index is 570. The summed E-state index contributed by atoms with van der Waals surface area (Å²) < 4.78 is 0. The van der Waals surface area contributed by atoms with Crippen LogP contribution < -0.4 is 0 Å². The molecular formula is C24H40NOS. The fourth-order valence-corrected chi connectivity index (χ4v) is 5.23. The molecule has 0 aromatic heterocycles. The number of fused-ring (bicyclic) bond motifs is 1. The van der Waals surface area contributed by atoms with Gasteiger partial charge < -0.3 is 0 Å². The van der Waals surface area contributed by atoms with E-state index in [1.54, 1.807) is 5.06 Å². The topological polar surface area (TPSA) is 23.1 Å². The van der Waals surface area contributed by atoms with E-state index in [1.807, 2.05) is 0 Å². The zero-order chi connectivity index (χ0) is 19.9. The smallest absolute Gasteiger partial charge is 0.0755 e. The second-order valence-electron chi connectivity index (χ2n) is 8.50. The lowest BCUT2D eigenvalue weighted by Gasteiger charge is -2.42. The molecule has 0 amide bonds. The van der Waals surface area contributed by atoms with Crippen molar-refractivity contribution in [2.75, 3.05) is 0 Å². The van der Waals surface area contributed by atoms with Crippen LogP contribution in [0.3, 0.4) is 0 Å². The fourth-order valence-electron chi connectivity index (χ4n) is 5.02. The first kappa shape index (κ1) is 22.8. The van der Waals surface area contributed by atoms with Crippen LogP contribution in [-0.4, -0.2) is 5.06 Å². The maximum Gasteiger partial charge on any atom is 0.0755 e. The Kier molecular flexibility index (Phi) is 8.70. The van der Waals surface area contributed by atoms with Crippen LogP contribution in [0.2, 0.25) is 0 Å². The number of hydroxylamine groups is 2. The molecule has 2 nitrogen and oxygen atoms in total. The molecule has 1 aliphatic rings. The van der Waals surface area contributed by atoms with Crippen molar-refractivity contribution < 1.29 is 5.21 Å². The number of unbranched alkanes of at least 4 members (excludes halogenated alkanes) is 4. The van der Waals surface area contributed by atoms with Crippen molar-refractivity contribution in [3.05, 3.63) is 29.3 Å². The number of nitrogens with zero attached hydrogens (tertiary/aromatic N) is 1. The molecule has 3 heteroatoms. The van der Waals surface area contributed by atoms with E-state index >= 15 is 0 Å². The third-order valence-corrected chi connectivity index (χ3v) is 6.84. The molecule has 0 saturated heterocycles. The van der Waals surface area contributed by atoms with Gasteiger partial charge in [0.05, 0.1) is 11.1 Å². The largest absolute Gasteiger partial charge is 0.143 e. The van der Waals surface area contributed by atoms with Gasteiger partial charge in [0.1, 0.15) is 0 Å². The van der Waals surface area contributed by atoms with Gasteiger partial charge in [-0.05, 0) is 48.9 Å². The lowest BCUT2D eigenvalue weighted by atomic mass is 9.79. The van der Waals surface area contributed by atoms with E-state index < -0.39 is 0 Å². The highest BCUT2D eigenvalue weighted by Crippen LogP contribution is 2.57. The molecule has 1 aromatic rings. The third kappa shape index (κ3) is 4.41. The third-order valence-electron chi connectivity index (χ3n) is 6.56. The highest BCUT2D eigenvalue weighted by Gasteiger charge is 2.57. The molecule has 2 rings (SSSR count). The van der Waals surface area contributed by atoms with Gasteiger partial charge in [-0.3, -0.25) is 0 Å². The molecule has 0 spiro atoms. The van der Waals surface area contributed by atoms with Crippen molar-refractivity contribution in [2.45, 2.75) is 121 Å². The molecule has 0 N–H and O–H groups in total. The van der Waals surface area contributed by atoms with Gasteiger partial charge in [-0.2, -0.15) is 0 Å². The molecular weight excluding hydrogens is 350 g/mol. The standard InChI is InChI=1S/C24H40NOS/c1-5-9-15-23(16-10-6-2)21-14-13-20(27)19-22(21)24(25(23)26,17-11-7-3)18-12-8-4/h13-14,19,27H,5-12,15-18H2,1-4H3. The Morgan fingerprint density at radius 1 is 0.741 bits per heavy atom. The predicted molar refractivity (Wildman–Crippen MR) is 118 cm³/mol. The van der Waals surface area contributed by atoms with Gasteiger partial charge in [-0.25, -0.2) is 0 Å². The van der Waals surface area contributed by atoms with Crippen LogP contribution in [-0.2, 0) is 16.3 Å². The highest BCUT2D eigenvalue weighted by atomic mass is 32.1. The maximum atomic E-state index is 14.2. The second kappa shape index (κ2) is 10.3. The summed E-state index contributed by atoms with van der Waals surface area (Å²) in [5.74, 6) is 0. The molecule has 27 heavy (non-hydrogen) atoms. The minimum Gasteiger partial charge on any atom is -0.143 e. The van der Waals surface area contributed by atoms with Crippen molar-refractivity contribution in [1.82, 2.24) is 5.06 Å². The van der Waals surface area contributed by atoms with Crippen molar-refractivity contribution in [3.63, 3.8) is 0 Å². The normalized spacial score (nSPS) is 18.0. The summed E-state index contributed by atoms with van der Waals surface area (Å²) >= 11 is 4.65. The second-order valence-corrected chi connectivity index (χ2v) is 9.02. The van der Waals surface area contributed by atoms with Gasteiger partial charge in [0.25, 0.3) is 0 Å². The van der Waals surface area contributed by atoms with E-state index in [2.05, 4.69) is 58.5 Å². The van der Waals surface area contributed by atoms with E-state index in [-0.39, 0.29) is 11.1 Å². The summed E-state index contributed by atoms with van der Waals surface area (Å²) in [6.45, 7) is 8.93. The van der Waals surface area contributed by atoms with Gasteiger partial charge in [-0.15, -0.1) is 22.9 Å². The highest BCUT2D eigenvalue weighted by molar-refractivity contribution is 7.80. The van der Waals surface area contributed by atoms with Gasteiger partial charge >= 0.3 is 0 Å². The van der Waals surface area contributed by atoms with Gasteiger partial charge in [0, 0.05) is 4.90 Å². The molecule has 1 aliphatic heterocycles. The molecule has 153 valence electrons. The molecule has 0 atom stereocenters. The Morgan fingerprint density at radius 2 is 1.15 bits per heavy atom. The first-order valence-electron chi connectivity index (χ1n) is 11.3. The van der Waals surface area contributed by atoms with E-state index in [9.17, 15) is 5.21 Å². The van der Waals surface area contributed by atoms with Crippen LogP contribution in [0.4, 0.5) is 0 Å². The van der Waals surface area contributed by atoms with Crippen molar-refractivity contribution >= 4 is 12.6 Å². The van der Waals surface area contributed by atoms with Crippen molar-refractivity contribution in [2.24, 2.45) is 0 Å². The minimum absolute atomic E-state index is 0.343. The Labute approximate surface area is 173 Å². The van der Waals surface area contributed by atoms with Gasteiger partial charge in [0.2, 0.25) is 0 Å². The van der Waals surface area contributed by atoms with Crippen LogP contribution in [0, 0.1) is 0 Å². The van der Waals surface area contributed by atoms with Gasteiger partial charge in [-0.1, -0.05) is 85.1 Å². The van der Waals surface area contributed by atoms with Crippen LogP contribution >= 0.6 is 12.6 Å². The summed E-state index contributed by atoms with van der Waals surface area (Å²) in [4.78, 5) is 0.987. The summed E-state index contributed by atoms with van der Waals surface area (Å²) in [6, 6.07) is 6.54. The zero-order valence-corrected chi connectivity index (χ0v) is 18.9. The summed E-state index contributed by atoms with van der Waals surface area (Å²) in [5, 5.41) is 15.8. The van der Waals surface area contributed by atoms with E-state index in [0.29, 0.717) is 0 Å². The molecule has 0 bridgehead atoms. The number of benzene rings is 1. The van der Waals surface area contributed by atoms with Gasteiger partial charge in [0.15, 0.2) is 0 Å². The fraction of sp³-hybridized carbons (Fsp3) is 0.750. The number of hydrogen-bond acceptors (Lipinski definition) is 2. The van der Waals surface area contributed by atoms with E-state index in [1.165, 1.54) is 11.1 Å². The number of thiol groups is 1. The lowest BCUT2D eigenvalue weighted by Crippen LogP contribution is -2.48. The van der Waals surface area contributed by atoms with Crippen LogP contribution in [0.25, 0.3) is 0 Å². The average Bonchev–Trinajstić information content (AvgIpc) is 2.87. The first-order valence-corrected chi connectivity index (χ1v) is 11.8. The first-order chi connectivity index (χ1) is 13.0.